The van der Waals surface area contributed by atoms with Crippen molar-refractivity contribution in [3.8, 4) is 0 Å². The van der Waals surface area contributed by atoms with Gasteiger partial charge in [0.2, 0.25) is 0 Å². The maximum absolute atomic E-state index is 12.5. The van der Waals surface area contributed by atoms with Crippen LogP contribution in [-0.2, 0) is 0 Å². The molecule has 11 heavy (non-hydrogen) atoms. The number of fused-ring (bicyclic) bond motifs is 2. The topological polar surface area (TPSA) is 0 Å². The van der Waals surface area contributed by atoms with E-state index in [4.69, 9.17) is 0 Å². The highest BCUT2D eigenvalue weighted by atomic mass is 19.1. The fourth-order valence-corrected chi connectivity index (χ4v) is 2.91. The van der Waals surface area contributed by atoms with Gasteiger partial charge in [-0.1, -0.05) is 13.8 Å². The summed E-state index contributed by atoms with van der Waals surface area (Å²) in [5, 5.41) is 0. The first-order chi connectivity index (χ1) is 5.16. The van der Waals surface area contributed by atoms with Gasteiger partial charge in [-0.25, -0.2) is 4.39 Å². The summed E-state index contributed by atoms with van der Waals surface area (Å²) in [7, 11) is 0. The van der Waals surface area contributed by atoms with E-state index in [9.17, 15) is 4.39 Å². The van der Waals surface area contributed by atoms with Crippen molar-refractivity contribution in [3.05, 3.63) is 11.9 Å². The lowest BCUT2D eigenvalue weighted by Crippen LogP contribution is -2.22. The van der Waals surface area contributed by atoms with Crippen LogP contribution in [0.1, 0.15) is 33.1 Å². The quantitative estimate of drug-likeness (QED) is 0.502. The van der Waals surface area contributed by atoms with Gasteiger partial charge in [0.1, 0.15) is 0 Å². The first kappa shape index (κ1) is 7.33. The molecule has 2 saturated carbocycles. The van der Waals surface area contributed by atoms with E-state index in [0.717, 1.165) is 17.8 Å². The zero-order valence-corrected chi connectivity index (χ0v) is 7.23. The van der Waals surface area contributed by atoms with Crippen LogP contribution in [-0.4, -0.2) is 0 Å². The molecular formula is C10H15F. The predicted molar refractivity (Wildman–Crippen MR) is 43.8 cm³/mol. The summed E-state index contributed by atoms with van der Waals surface area (Å²) < 4.78 is 12.5. The summed E-state index contributed by atoms with van der Waals surface area (Å²) in [4.78, 5) is 0. The third-order valence-corrected chi connectivity index (χ3v) is 3.75. The third-order valence-electron chi connectivity index (χ3n) is 3.75. The number of halogens is 1. The van der Waals surface area contributed by atoms with Crippen molar-refractivity contribution in [3.63, 3.8) is 0 Å². The van der Waals surface area contributed by atoms with Crippen molar-refractivity contribution < 1.29 is 4.39 Å². The summed E-state index contributed by atoms with van der Waals surface area (Å²) >= 11 is 0. The second-order valence-corrected chi connectivity index (χ2v) is 4.49. The number of hydrogen-bond acceptors (Lipinski definition) is 0. The zero-order chi connectivity index (χ0) is 8.06. The highest BCUT2D eigenvalue weighted by molar-refractivity contribution is 5.24. The second kappa shape index (κ2) is 2.09. The molecule has 62 valence electrons. The van der Waals surface area contributed by atoms with Crippen molar-refractivity contribution in [2.75, 3.05) is 0 Å². The molecule has 0 amide bonds. The van der Waals surface area contributed by atoms with E-state index in [2.05, 4.69) is 13.8 Å². The lowest BCUT2D eigenvalue weighted by atomic mass is 9.73. The van der Waals surface area contributed by atoms with E-state index in [1.165, 1.54) is 19.3 Å². The lowest BCUT2D eigenvalue weighted by molar-refractivity contribution is 0.284. The van der Waals surface area contributed by atoms with Crippen molar-refractivity contribution >= 4 is 0 Å². The van der Waals surface area contributed by atoms with Crippen LogP contribution in [0, 0.1) is 17.3 Å². The van der Waals surface area contributed by atoms with E-state index in [-0.39, 0.29) is 5.41 Å². The van der Waals surface area contributed by atoms with Crippen LogP contribution in [0.15, 0.2) is 11.9 Å². The van der Waals surface area contributed by atoms with Crippen molar-refractivity contribution in [2.45, 2.75) is 33.1 Å². The molecule has 0 aromatic carbocycles. The van der Waals surface area contributed by atoms with Crippen LogP contribution >= 0.6 is 0 Å². The Morgan fingerprint density at radius 1 is 1.45 bits per heavy atom. The van der Waals surface area contributed by atoms with Gasteiger partial charge in [-0.3, -0.25) is 0 Å². The van der Waals surface area contributed by atoms with Crippen molar-refractivity contribution in [1.82, 2.24) is 0 Å². The highest BCUT2D eigenvalue weighted by Crippen LogP contribution is 2.58. The first-order valence-electron chi connectivity index (χ1n) is 4.47. The van der Waals surface area contributed by atoms with Gasteiger partial charge in [0.15, 0.2) is 0 Å². The average molecular weight is 154 g/mol. The maximum atomic E-state index is 12.5. The number of hydrogen-bond donors (Lipinski definition) is 0. The molecule has 0 spiro atoms. The number of rotatable bonds is 0. The van der Waals surface area contributed by atoms with Crippen LogP contribution in [0.25, 0.3) is 0 Å². The SMILES string of the molecule is CC1(C)/C(=C/F)[C@@H]2CC[C@H]1C2. The monoisotopic (exact) mass is 154 g/mol. The Hall–Kier alpha value is -0.330. The summed E-state index contributed by atoms with van der Waals surface area (Å²) in [6, 6.07) is 0. The first-order valence-corrected chi connectivity index (χ1v) is 4.47. The minimum Gasteiger partial charge on any atom is -0.216 e. The van der Waals surface area contributed by atoms with Gasteiger partial charge in [0.05, 0.1) is 6.33 Å². The molecular weight excluding hydrogens is 139 g/mol. The molecule has 0 saturated heterocycles. The Labute approximate surface area is 67.5 Å². The van der Waals surface area contributed by atoms with Crippen LogP contribution in [0.3, 0.4) is 0 Å². The van der Waals surface area contributed by atoms with Gasteiger partial charge in [-0.2, -0.15) is 0 Å². The minimum atomic E-state index is 0.164. The summed E-state index contributed by atoms with van der Waals surface area (Å²) in [5.41, 5.74) is 1.24. The molecule has 0 heterocycles. The van der Waals surface area contributed by atoms with Gasteiger partial charge in [-0.05, 0) is 42.1 Å². The van der Waals surface area contributed by atoms with E-state index >= 15 is 0 Å². The summed E-state index contributed by atoms with van der Waals surface area (Å²) in [5.74, 6) is 1.34. The molecule has 1 heteroatoms. The van der Waals surface area contributed by atoms with Crippen LogP contribution < -0.4 is 0 Å². The van der Waals surface area contributed by atoms with Crippen LogP contribution in [0.5, 0.6) is 0 Å². The molecule has 2 fully saturated rings. The molecule has 2 atom stereocenters. The Bertz CT molecular complexity index is 203. The molecule has 0 unspecified atom stereocenters. The molecule has 0 aromatic heterocycles. The van der Waals surface area contributed by atoms with Crippen LogP contribution in [0.4, 0.5) is 4.39 Å². The predicted octanol–water partition coefficient (Wildman–Crippen LogP) is 3.30. The third kappa shape index (κ3) is 0.800. The van der Waals surface area contributed by atoms with Crippen LogP contribution in [0.2, 0.25) is 0 Å². The van der Waals surface area contributed by atoms with Gasteiger partial charge in [0.25, 0.3) is 0 Å². The van der Waals surface area contributed by atoms with Gasteiger partial charge in [-0.15, -0.1) is 0 Å². The number of allylic oxidation sites excluding steroid dienone is 1. The Morgan fingerprint density at radius 3 is 2.55 bits per heavy atom. The fraction of sp³-hybridized carbons (Fsp3) is 0.800. The maximum Gasteiger partial charge on any atom is 0.0867 e. The molecule has 2 aliphatic carbocycles. The Morgan fingerprint density at radius 2 is 2.18 bits per heavy atom. The summed E-state index contributed by atoms with van der Waals surface area (Å²) in [6.45, 7) is 4.37. The fourth-order valence-electron chi connectivity index (χ4n) is 2.91. The highest BCUT2D eigenvalue weighted by Gasteiger charge is 2.48. The molecule has 0 aliphatic heterocycles. The average Bonchev–Trinajstić information content (AvgIpc) is 2.44. The van der Waals surface area contributed by atoms with Gasteiger partial charge >= 0.3 is 0 Å². The van der Waals surface area contributed by atoms with E-state index in [1.807, 2.05) is 0 Å². The molecule has 0 aromatic rings. The van der Waals surface area contributed by atoms with Crippen molar-refractivity contribution in [2.24, 2.45) is 17.3 Å². The van der Waals surface area contributed by atoms with Crippen molar-refractivity contribution in [1.29, 1.82) is 0 Å². The van der Waals surface area contributed by atoms with E-state index in [0.29, 0.717) is 5.92 Å². The van der Waals surface area contributed by atoms with E-state index < -0.39 is 0 Å². The zero-order valence-electron chi connectivity index (χ0n) is 7.23. The molecule has 2 rings (SSSR count). The molecule has 0 N–H and O–H groups in total. The van der Waals surface area contributed by atoms with E-state index in [1.54, 1.807) is 0 Å². The smallest absolute Gasteiger partial charge is 0.0867 e. The largest absolute Gasteiger partial charge is 0.216 e. The molecule has 2 bridgehead atoms. The lowest BCUT2D eigenvalue weighted by Gasteiger charge is -2.31. The van der Waals surface area contributed by atoms with Gasteiger partial charge < -0.3 is 0 Å². The minimum absolute atomic E-state index is 0.164. The Balaban J connectivity index is 2.36. The standard InChI is InChI=1S/C10H15F/c1-10(2)8-4-3-7(5-8)9(10)6-11/h6-8H,3-5H2,1-2H3/b9-6+/t7-,8+/m1/s1. The molecule has 2 aliphatic rings. The normalized spacial score (nSPS) is 43.7. The van der Waals surface area contributed by atoms with Gasteiger partial charge in [0, 0.05) is 0 Å². The molecule has 0 nitrogen and oxygen atoms in total. The summed E-state index contributed by atoms with van der Waals surface area (Å²) in [6.07, 6.45) is 4.64. The second-order valence-electron chi connectivity index (χ2n) is 4.49. The Kier molecular flexibility index (Phi) is 1.39. The molecule has 0 radical (unpaired) electrons.